The molecule has 1 aliphatic rings. The lowest BCUT2D eigenvalue weighted by Crippen LogP contribution is -2.40. The number of thiazole rings is 1. The van der Waals surface area contributed by atoms with Gasteiger partial charge in [-0.1, -0.05) is 0 Å². The van der Waals surface area contributed by atoms with Crippen LogP contribution >= 0.6 is 11.3 Å². The molecule has 0 radical (unpaired) electrons. The van der Waals surface area contributed by atoms with Crippen molar-refractivity contribution in [3.05, 3.63) is 16.1 Å². The van der Waals surface area contributed by atoms with Crippen LogP contribution in [0.2, 0.25) is 0 Å². The fourth-order valence-corrected chi connectivity index (χ4v) is 3.94. The van der Waals surface area contributed by atoms with Gasteiger partial charge in [-0.2, -0.15) is 4.31 Å². The maximum atomic E-state index is 12.4. The molecule has 0 aromatic carbocycles. The lowest BCUT2D eigenvalue weighted by Gasteiger charge is -2.22. The molecular formula is C12H21N3O2S2. The molecule has 5 nitrogen and oxygen atoms in total. The summed E-state index contributed by atoms with van der Waals surface area (Å²) in [6, 6.07) is 0.534. The summed E-state index contributed by atoms with van der Waals surface area (Å²) in [6.45, 7) is 4.61. The van der Waals surface area contributed by atoms with Gasteiger partial charge in [0.05, 0.1) is 16.5 Å². The number of rotatable bonds is 7. The van der Waals surface area contributed by atoms with Crippen molar-refractivity contribution in [3.63, 3.8) is 0 Å². The van der Waals surface area contributed by atoms with Crippen molar-refractivity contribution < 1.29 is 8.42 Å². The Kier molecular flexibility index (Phi) is 4.60. The van der Waals surface area contributed by atoms with Gasteiger partial charge in [0, 0.05) is 31.1 Å². The van der Waals surface area contributed by atoms with Crippen molar-refractivity contribution in [1.82, 2.24) is 14.6 Å². The summed E-state index contributed by atoms with van der Waals surface area (Å²) in [5.41, 5.74) is 2.67. The molecule has 1 aromatic rings. The Bertz CT molecular complexity index is 523. The van der Waals surface area contributed by atoms with Gasteiger partial charge in [0.25, 0.3) is 0 Å². The fraction of sp³-hybridized carbons (Fsp3) is 0.750. The molecule has 1 saturated carbocycles. The summed E-state index contributed by atoms with van der Waals surface area (Å²) in [6.07, 6.45) is 2.34. The number of aryl methyl sites for hydroxylation is 1. The number of hydrogen-bond donors (Lipinski definition) is 1. The molecular weight excluding hydrogens is 282 g/mol. The van der Waals surface area contributed by atoms with E-state index >= 15 is 0 Å². The smallest absolute Gasteiger partial charge is 0.218 e. The van der Waals surface area contributed by atoms with Gasteiger partial charge < -0.3 is 5.32 Å². The Labute approximate surface area is 119 Å². The molecule has 1 N–H and O–H groups in total. The van der Waals surface area contributed by atoms with E-state index in [2.05, 4.69) is 10.3 Å². The molecule has 1 aliphatic carbocycles. The third-order valence-corrected chi connectivity index (χ3v) is 6.53. The Morgan fingerprint density at radius 1 is 1.58 bits per heavy atom. The molecule has 1 atom stereocenters. The number of nitrogens with one attached hydrogen (secondary N) is 1. The molecule has 1 fully saturated rings. The van der Waals surface area contributed by atoms with Crippen LogP contribution in [0, 0.1) is 6.92 Å². The average molecular weight is 303 g/mol. The summed E-state index contributed by atoms with van der Waals surface area (Å²) in [5, 5.41) is 2.88. The van der Waals surface area contributed by atoms with Gasteiger partial charge in [-0.05, 0) is 26.7 Å². The third kappa shape index (κ3) is 3.75. The van der Waals surface area contributed by atoms with Crippen LogP contribution in [0.5, 0.6) is 0 Å². The third-order valence-electron chi connectivity index (χ3n) is 3.43. The van der Waals surface area contributed by atoms with Crippen LogP contribution < -0.4 is 5.32 Å². The van der Waals surface area contributed by atoms with Crippen molar-refractivity contribution in [2.45, 2.75) is 44.5 Å². The van der Waals surface area contributed by atoms with Crippen LogP contribution in [0.15, 0.2) is 5.51 Å². The zero-order chi connectivity index (χ0) is 14.0. The van der Waals surface area contributed by atoms with E-state index in [9.17, 15) is 8.42 Å². The van der Waals surface area contributed by atoms with E-state index in [1.807, 2.05) is 6.92 Å². The topological polar surface area (TPSA) is 62.3 Å². The van der Waals surface area contributed by atoms with Crippen molar-refractivity contribution in [2.24, 2.45) is 0 Å². The maximum Gasteiger partial charge on any atom is 0.218 e. The van der Waals surface area contributed by atoms with E-state index in [0.717, 1.165) is 10.6 Å². The molecule has 0 bridgehead atoms. The predicted octanol–water partition coefficient (Wildman–Crippen LogP) is 1.35. The Morgan fingerprint density at radius 3 is 2.79 bits per heavy atom. The average Bonchev–Trinajstić information content (AvgIpc) is 3.11. The van der Waals surface area contributed by atoms with Gasteiger partial charge in [-0.3, -0.25) is 0 Å². The van der Waals surface area contributed by atoms with E-state index in [1.165, 1.54) is 28.5 Å². The van der Waals surface area contributed by atoms with Crippen LogP contribution in [-0.2, 0) is 16.6 Å². The number of nitrogens with zero attached hydrogens (tertiary/aromatic N) is 2. The van der Waals surface area contributed by atoms with Crippen LogP contribution in [0.4, 0.5) is 0 Å². The zero-order valence-corrected chi connectivity index (χ0v) is 13.2. The highest BCUT2D eigenvalue weighted by atomic mass is 32.2. The van der Waals surface area contributed by atoms with E-state index < -0.39 is 15.3 Å². The van der Waals surface area contributed by atoms with Crippen LogP contribution in [0.25, 0.3) is 0 Å². The molecule has 1 unspecified atom stereocenters. The second-order valence-corrected chi connectivity index (χ2v) is 8.55. The summed E-state index contributed by atoms with van der Waals surface area (Å²) >= 11 is 1.50. The minimum absolute atomic E-state index is 0.397. The summed E-state index contributed by atoms with van der Waals surface area (Å²) in [7, 11) is -1.61. The normalized spacial score (nSPS) is 17.9. The molecule has 0 spiro atoms. The number of hydrogen-bond acceptors (Lipinski definition) is 5. The van der Waals surface area contributed by atoms with Gasteiger partial charge in [0.1, 0.15) is 0 Å². The zero-order valence-electron chi connectivity index (χ0n) is 11.6. The highest BCUT2D eigenvalue weighted by Gasteiger charge is 2.29. The summed E-state index contributed by atoms with van der Waals surface area (Å²) < 4.78 is 26.2. The second kappa shape index (κ2) is 5.87. The molecule has 7 heteroatoms. The molecule has 0 amide bonds. The predicted molar refractivity (Wildman–Crippen MR) is 77.7 cm³/mol. The van der Waals surface area contributed by atoms with Crippen LogP contribution in [0.3, 0.4) is 0 Å². The number of aromatic nitrogens is 1. The first-order valence-corrected chi connectivity index (χ1v) is 8.87. The van der Waals surface area contributed by atoms with Gasteiger partial charge >= 0.3 is 0 Å². The molecule has 0 saturated heterocycles. The molecule has 1 aromatic heterocycles. The van der Waals surface area contributed by atoms with Gasteiger partial charge in [0.15, 0.2) is 0 Å². The van der Waals surface area contributed by atoms with E-state index in [-0.39, 0.29) is 0 Å². The Balaban J connectivity index is 1.95. The standard InChI is InChI=1S/C12H21N3O2S2/c1-9(6-13-11-4-5-11)19(16,17)15(3)7-12-10(2)14-8-18-12/h8-9,11,13H,4-7H2,1-3H3. The monoisotopic (exact) mass is 303 g/mol. The summed E-state index contributed by atoms with van der Waals surface area (Å²) in [4.78, 5) is 5.16. The van der Waals surface area contributed by atoms with Gasteiger partial charge in [-0.25, -0.2) is 13.4 Å². The van der Waals surface area contributed by atoms with Crippen molar-refractivity contribution in [2.75, 3.05) is 13.6 Å². The lowest BCUT2D eigenvalue weighted by atomic mass is 10.4. The van der Waals surface area contributed by atoms with Crippen molar-refractivity contribution in [1.29, 1.82) is 0 Å². The van der Waals surface area contributed by atoms with Crippen molar-refractivity contribution in [3.8, 4) is 0 Å². The highest BCUT2D eigenvalue weighted by molar-refractivity contribution is 7.89. The Hall–Kier alpha value is -0.500. The minimum Gasteiger partial charge on any atom is -0.313 e. The first-order chi connectivity index (χ1) is 8.91. The van der Waals surface area contributed by atoms with E-state index in [1.54, 1.807) is 19.5 Å². The lowest BCUT2D eigenvalue weighted by molar-refractivity contribution is 0.455. The number of sulfonamides is 1. The molecule has 1 heterocycles. The molecule has 0 aliphatic heterocycles. The van der Waals surface area contributed by atoms with Gasteiger partial charge in [-0.15, -0.1) is 11.3 Å². The first-order valence-electron chi connectivity index (χ1n) is 6.48. The molecule has 108 valence electrons. The highest BCUT2D eigenvalue weighted by Crippen LogP contribution is 2.20. The first kappa shape index (κ1) is 14.9. The summed E-state index contributed by atoms with van der Waals surface area (Å²) in [5.74, 6) is 0. The van der Waals surface area contributed by atoms with Crippen molar-refractivity contribution >= 4 is 21.4 Å². The minimum atomic E-state index is -3.25. The maximum absolute atomic E-state index is 12.4. The Morgan fingerprint density at radius 2 is 2.26 bits per heavy atom. The molecule has 2 rings (SSSR count). The fourth-order valence-electron chi connectivity index (χ4n) is 1.80. The van der Waals surface area contributed by atoms with E-state index in [0.29, 0.717) is 19.1 Å². The largest absolute Gasteiger partial charge is 0.313 e. The van der Waals surface area contributed by atoms with Crippen LogP contribution in [-0.4, -0.2) is 42.6 Å². The SMILES string of the molecule is Cc1ncsc1CN(C)S(=O)(=O)C(C)CNC1CC1. The molecule has 19 heavy (non-hydrogen) atoms. The second-order valence-electron chi connectivity index (χ2n) is 5.16. The quantitative estimate of drug-likeness (QED) is 0.826. The van der Waals surface area contributed by atoms with E-state index in [4.69, 9.17) is 0 Å². The van der Waals surface area contributed by atoms with Crippen LogP contribution in [0.1, 0.15) is 30.3 Å². The van der Waals surface area contributed by atoms with Gasteiger partial charge in [0.2, 0.25) is 10.0 Å².